The molecule has 0 N–H and O–H groups in total. The Labute approximate surface area is 114 Å². The van der Waals surface area contributed by atoms with Gasteiger partial charge in [-0.2, -0.15) is 0 Å². The van der Waals surface area contributed by atoms with E-state index in [1.807, 2.05) is 18.2 Å². The number of ketones is 1. The molecule has 3 nitrogen and oxygen atoms in total. The number of hydrogen-bond acceptors (Lipinski definition) is 3. The molecule has 0 atom stereocenters. The van der Waals surface area contributed by atoms with Crippen molar-refractivity contribution in [2.75, 3.05) is 13.7 Å². The molecule has 2 rings (SSSR count). The van der Waals surface area contributed by atoms with Crippen molar-refractivity contribution in [3.63, 3.8) is 0 Å². The summed E-state index contributed by atoms with van der Waals surface area (Å²) in [5.41, 5.74) is 2.67. The Balaban J connectivity index is 2.63. The van der Waals surface area contributed by atoms with Gasteiger partial charge < -0.3 is 9.47 Å². The first kappa shape index (κ1) is 13.7. The van der Waals surface area contributed by atoms with Crippen LogP contribution in [0.1, 0.15) is 38.8 Å². The standard InChI is InChI=1S/C16H20O3/c1-10(17)12-6-11-7-13(18-5)8-14(16(2,3)4)15(11)19-9-12/h6-8H,9H2,1-5H3. The van der Waals surface area contributed by atoms with Crippen LogP contribution in [-0.2, 0) is 10.2 Å². The molecule has 0 bridgehead atoms. The normalized spacial score (nSPS) is 14.3. The minimum Gasteiger partial charge on any atom is -0.497 e. The van der Waals surface area contributed by atoms with E-state index in [1.54, 1.807) is 14.0 Å². The van der Waals surface area contributed by atoms with Gasteiger partial charge in [-0.15, -0.1) is 0 Å². The molecule has 0 saturated heterocycles. The topological polar surface area (TPSA) is 35.5 Å². The summed E-state index contributed by atoms with van der Waals surface area (Å²) >= 11 is 0. The van der Waals surface area contributed by atoms with Crippen molar-refractivity contribution in [2.24, 2.45) is 0 Å². The average molecular weight is 260 g/mol. The van der Waals surface area contributed by atoms with Gasteiger partial charge in [-0.1, -0.05) is 20.8 Å². The largest absolute Gasteiger partial charge is 0.497 e. The highest BCUT2D eigenvalue weighted by molar-refractivity contribution is 5.99. The molecule has 0 unspecified atom stereocenters. The Kier molecular flexibility index (Phi) is 3.40. The molecule has 1 heterocycles. The molecule has 0 spiro atoms. The van der Waals surface area contributed by atoms with Crippen LogP contribution < -0.4 is 9.47 Å². The number of rotatable bonds is 2. The zero-order valence-electron chi connectivity index (χ0n) is 12.2. The van der Waals surface area contributed by atoms with Crippen LogP contribution in [0.4, 0.5) is 0 Å². The number of carbonyl (C=O) groups is 1. The summed E-state index contributed by atoms with van der Waals surface area (Å²) in [6.45, 7) is 8.31. The van der Waals surface area contributed by atoms with Gasteiger partial charge in [0.2, 0.25) is 0 Å². The van der Waals surface area contributed by atoms with Crippen molar-refractivity contribution in [1.82, 2.24) is 0 Å². The van der Waals surface area contributed by atoms with Crippen molar-refractivity contribution in [3.8, 4) is 11.5 Å². The lowest BCUT2D eigenvalue weighted by molar-refractivity contribution is -0.113. The summed E-state index contributed by atoms with van der Waals surface area (Å²) in [7, 11) is 1.65. The maximum absolute atomic E-state index is 11.5. The Hall–Kier alpha value is -1.77. The first-order chi connectivity index (χ1) is 8.82. The van der Waals surface area contributed by atoms with Crippen LogP contribution in [0.3, 0.4) is 0 Å². The zero-order chi connectivity index (χ0) is 14.2. The summed E-state index contributed by atoms with van der Waals surface area (Å²) in [5.74, 6) is 1.69. The van der Waals surface area contributed by atoms with E-state index in [4.69, 9.17) is 9.47 Å². The highest BCUT2D eigenvalue weighted by atomic mass is 16.5. The van der Waals surface area contributed by atoms with Gasteiger partial charge in [0.25, 0.3) is 0 Å². The molecule has 0 radical (unpaired) electrons. The Bertz CT molecular complexity index is 548. The summed E-state index contributed by atoms with van der Waals surface area (Å²) in [5, 5.41) is 0. The molecule has 3 heteroatoms. The second-order valence-electron chi connectivity index (χ2n) is 5.86. The summed E-state index contributed by atoms with van der Waals surface area (Å²) in [4.78, 5) is 11.5. The fourth-order valence-corrected chi connectivity index (χ4v) is 2.15. The van der Waals surface area contributed by atoms with Gasteiger partial charge in [-0.3, -0.25) is 4.79 Å². The third kappa shape index (κ3) is 2.65. The third-order valence-corrected chi connectivity index (χ3v) is 3.29. The first-order valence-corrected chi connectivity index (χ1v) is 6.39. The quantitative estimate of drug-likeness (QED) is 0.818. The Morgan fingerprint density at radius 3 is 2.53 bits per heavy atom. The maximum Gasteiger partial charge on any atom is 0.159 e. The van der Waals surface area contributed by atoms with Gasteiger partial charge in [0.1, 0.15) is 18.1 Å². The van der Waals surface area contributed by atoms with Crippen molar-refractivity contribution >= 4 is 11.9 Å². The van der Waals surface area contributed by atoms with Crippen LogP contribution in [-0.4, -0.2) is 19.5 Å². The van der Waals surface area contributed by atoms with E-state index in [9.17, 15) is 4.79 Å². The molecule has 102 valence electrons. The van der Waals surface area contributed by atoms with Gasteiger partial charge in [0.15, 0.2) is 5.78 Å². The van der Waals surface area contributed by atoms with Gasteiger partial charge in [0, 0.05) is 16.7 Å². The summed E-state index contributed by atoms with van der Waals surface area (Å²) in [6.07, 6.45) is 1.90. The lowest BCUT2D eigenvalue weighted by Crippen LogP contribution is -2.19. The molecule has 0 aromatic heterocycles. The molecule has 1 aromatic rings. The molecule has 0 saturated carbocycles. The molecule has 0 aliphatic carbocycles. The van der Waals surface area contributed by atoms with E-state index in [0.717, 1.165) is 22.6 Å². The van der Waals surface area contributed by atoms with Crippen molar-refractivity contribution in [2.45, 2.75) is 33.1 Å². The fourth-order valence-electron chi connectivity index (χ4n) is 2.15. The molecule has 1 aliphatic heterocycles. The van der Waals surface area contributed by atoms with Crippen molar-refractivity contribution < 1.29 is 14.3 Å². The number of fused-ring (bicyclic) bond motifs is 1. The molecule has 0 amide bonds. The third-order valence-electron chi connectivity index (χ3n) is 3.29. The highest BCUT2D eigenvalue weighted by Gasteiger charge is 2.25. The summed E-state index contributed by atoms with van der Waals surface area (Å²) < 4.78 is 11.2. The molecule has 0 fully saturated rings. The molecular weight excluding hydrogens is 240 g/mol. The van der Waals surface area contributed by atoms with Crippen molar-refractivity contribution in [1.29, 1.82) is 0 Å². The van der Waals surface area contributed by atoms with Crippen LogP contribution in [0.25, 0.3) is 6.08 Å². The van der Waals surface area contributed by atoms with Crippen LogP contribution in [0.2, 0.25) is 0 Å². The van der Waals surface area contributed by atoms with Crippen LogP contribution in [0.15, 0.2) is 17.7 Å². The predicted octanol–water partition coefficient (Wildman–Crippen LogP) is 3.36. The number of hydrogen-bond donors (Lipinski definition) is 0. The highest BCUT2D eigenvalue weighted by Crippen LogP contribution is 2.40. The van der Waals surface area contributed by atoms with Crippen molar-refractivity contribution in [3.05, 3.63) is 28.8 Å². The monoisotopic (exact) mass is 260 g/mol. The SMILES string of the molecule is COc1cc2c(c(C(C)(C)C)c1)OCC(C(C)=O)=C2. The number of carbonyl (C=O) groups excluding carboxylic acids is 1. The second kappa shape index (κ2) is 4.72. The lowest BCUT2D eigenvalue weighted by atomic mass is 9.84. The lowest BCUT2D eigenvalue weighted by Gasteiger charge is -2.27. The van der Waals surface area contributed by atoms with Gasteiger partial charge in [-0.05, 0) is 30.5 Å². The second-order valence-corrected chi connectivity index (χ2v) is 5.86. The summed E-state index contributed by atoms with van der Waals surface area (Å²) in [6, 6.07) is 3.91. The maximum atomic E-state index is 11.5. The van der Waals surface area contributed by atoms with Gasteiger partial charge in [0.05, 0.1) is 7.11 Å². The number of Topliss-reactive ketones (excluding diaryl/α,β-unsaturated/α-hetero) is 1. The molecule has 19 heavy (non-hydrogen) atoms. The van der Waals surface area contributed by atoms with E-state index < -0.39 is 0 Å². The van der Waals surface area contributed by atoms with Gasteiger partial charge >= 0.3 is 0 Å². The number of methoxy groups -OCH3 is 1. The van der Waals surface area contributed by atoms with E-state index >= 15 is 0 Å². The average Bonchev–Trinajstić information content (AvgIpc) is 2.35. The van der Waals surface area contributed by atoms with Gasteiger partial charge in [-0.25, -0.2) is 0 Å². The van der Waals surface area contributed by atoms with E-state index in [-0.39, 0.29) is 11.2 Å². The predicted molar refractivity (Wildman–Crippen MR) is 75.8 cm³/mol. The Morgan fingerprint density at radius 2 is 2.00 bits per heavy atom. The molecular formula is C16H20O3. The number of benzene rings is 1. The van der Waals surface area contributed by atoms with Crippen LogP contribution in [0, 0.1) is 0 Å². The van der Waals surface area contributed by atoms with E-state index in [0.29, 0.717) is 12.2 Å². The first-order valence-electron chi connectivity index (χ1n) is 6.39. The van der Waals surface area contributed by atoms with Crippen LogP contribution in [0.5, 0.6) is 11.5 Å². The molecule has 1 aromatic carbocycles. The van der Waals surface area contributed by atoms with Crippen LogP contribution >= 0.6 is 0 Å². The number of ether oxygens (including phenoxy) is 2. The Morgan fingerprint density at radius 1 is 1.32 bits per heavy atom. The van der Waals surface area contributed by atoms with E-state index in [2.05, 4.69) is 20.8 Å². The molecule has 1 aliphatic rings. The smallest absolute Gasteiger partial charge is 0.159 e. The zero-order valence-corrected chi connectivity index (χ0v) is 12.2. The minimum atomic E-state index is -0.0415. The van der Waals surface area contributed by atoms with E-state index in [1.165, 1.54) is 0 Å². The fraction of sp³-hybridized carbons (Fsp3) is 0.438. The minimum absolute atomic E-state index is 0.0415.